The minimum absolute atomic E-state index is 0.0480. The highest BCUT2D eigenvalue weighted by atomic mass is 16.3. The molecule has 8 nitrogen and oxygen atoms in total. The van der Waals surface area contributed by atoms with Gasteiger partial charge < -0.3 is 15.4 Å². The molecule has 0 aromatic carbocycles. The third kappa shape index (κ3) is 2.44. The van der Waals surface area contributed by atoms with E-state index in [-0.39, 0.29) is 17.8 Å². The summed E-state index contributed by atoms with van der Waals surface area (Å²) in [6.07, 6.45) is 4.53. The number of aromatic nitrogens is 5. The number of hydrogen-bond acceptors (Lipinski definition) is 6. The predicted molar refractivity (Wildman–Crippen MR) is 71.4 cm³/mol. The third-order valence-corrected chi connectivity index (χ3v) is 3.65. The van der Waals surface area contributed by atoms with E-state index in [1.807, 2.05) is 0 Å². The summed E-state index contributed by atoms with van der Waals surface area (Å²) in [4.78, 5) is 14.6. The van der Waals surface area contributed by atoms with Gasteiger partial charge in [-0.3, -0.25) is 4.79 Å². The van der Waals surface area contributed by atoms with Crippen LogP contribution in [0, 0.1) is 0 Å². The number of aromatic amines is 1. The molecule has 20 heavy (non-hydrogen) atoms. The first-order valence-corrected chi connectivity index (χ1v) is 6.95. The smallest absolute Gasteiger partial charge is 0.296 e. The topological polar surface area (TPSA) is 108 Å². The molecule has 0 unspecified atom stereocenters. The molecule has 0 spiro atoms. The Balaban J connectivity index is 1.95. The lowest BCUT2D eigenvalue weighted by Gasteiger charge is -2.07. The highest BCUT2D eigenvalue weighted by molar-refractivity contribution is 5.33. The van der Waals surface area contributed by atoms with E-state index < -0.39 is 0 Å². The van der Waals surface area contributed by atoms with E-state index in [0.29, 0.717) is 24.8 Å². The van der Waals surface area contributed by atoms with Gasteiger partial charge in [0.05, 0.1) is 13.2 Å². The van der Waals surface area contributed by atoms with Crippen LogP contribution in [-0.2, 0) is 6.54 Å². The summed E-state index contributed by atoms with van der Waals surface area (Å²) in [7, 11) is 0. The summed E-state index contributed by atoms with van der Waals surface area (Å²) in [5, 5.41) is 24.2. The van der Waals surface area contributed by atoms with E-state index in [1.165, 1.54) is 12.8 Å². The first kappa shape index (κ1) is 13.2. The van der Waals surface area contributed by atoms with Gasteiger partial charge in [-0.1, -0.05) is 12.8 Å². The van der Waals surface area contributed by atoms with Crippen LogP contribution in [0.1, 0.15) is 43.3 Å². The van der Waals surface area contributed by atoms with Gasteiger partial charge in [0.25, 0.3) is 5.56 Å². The second-order valence-corrected chi connectivity index (χ2v) is 5.08. The van der Waals surface area contributed by atoms with Crippen molar-refractivity contribution in [1.29, 1.82) is 0 Å². The molecule has 1 saturated carbocycles. The standard InChI is InChI=1S/C12H18N6O2/c19-6-5-13-7-9-14-12(20)11-16-15-10(18(11)17-9)8-3-1-2-4-8/h8,13,19H,1-7H2,(H,14,17,20). The van der Waals surface area contributed by atoms with Gasteiger partial charge in [-0.15, -0.1) is 15.3 Å². The van der Waals surface area contributed by atoms with Crippen molar-refractivity contribution < 1.29 is 5.11 Å². The molecular formula is C12H18N6O2. The van der Waals surface area contributed by atoms with Crippen LogP contribution in [0.3, 0.4) is 0 Å². The minimum Gasteiger partial charge on any atom is -0.395 e. The Morgan fingerprint density at radius 3 is 2.90 bits per heavy atom. The predicted octanol–water partition coefficient (Wildman–Crippen LogP) is -0.448. The molecule has 3 N–H and O–H groups in total. The SMILES string of the molecule is O=c1[nH]c(CNCCO)nn2c(C3CCCC3)nnc12. The molecule has 0 radical (unpaired) electrons. The van der Waals surface area contributed by atoms with Crippen molar-refractivity contribution in [2.45, 2.75) is 38.1 Å². The van der Waals surface area contributed by atoms with Crippen molar-refractivity contribution in [2.75, 3.05) is 13.2 Å². The molecule has 1 aliphatic carbocycles. The molecule has 0 atom stereocenters. The van der Waals surface area contributed by atoms with E-state index in [4.69, 9.17) is 5.11 Å². The van der Waals surface area contributed by atoms with E-state index in [2.05, 4.69) is 25.6 Å². The van der Waals surface area contributed by atoms with Gasteiger partial charge in [0, 0.05) is 12.5 Å². The van der Waals surface area contributed by atoms with E-state index in [0.717, 1.165) is 18.7 Å². The highest BCUT2D eigenvalue weighted by Gasteiger charge is 2.23. The van der Waals surface area contributed by atoms with Crippen LogP contribution in [0.2, 0.25) is 0 Å². The summed E-state index contributed by atoms with van der Waals surface area (Å²) in [5.41, 5.74) is -0.0321. The van der Waals surface area contributed by atoms with Gasteiger partial charge in [0.1, 0.15) is 5.82 Å². The Morgan fingerprint density at radius 2 is 2.15 bits per heavy atom. The van der Waals surface area contributed by atoms with Gasteiger partial charge in [0.2, 0.25) is 5.65 Å². The lowest BCUT2D eigenvalue weighted by Crippen LogP contribution is -2.24. The number of rotatable bonds is 5. The lowest BCUT2D eigenvalue weighted by molar-refractivity contribution is 0.291. The molecule has 108 valence electrons. The van der Waals surface area contributed by atoms with Crippen molar-refractivity contribution in [1.82, 2.24) is 30.1 Å². The Bertz CT molecular complexity index is 643. The lowest BCUT2D eigenvalue weighted by atomic mass is 10.1. The number of nitrogens with one attached hydrogen (secondary N) is 2. The maximum absolute atomic E-state index is 12.0. The maximum Gasteiger partial charge on any atom is 0.296 e. The Labute approximate surface area is 115 Å². The van der Waals surface area contributed by atoms with Crippen molar-refractivity contribution in [3.8, 4) is 0 Å². The van der Waals surface area contributed by atoms with Crippen LogP contribution in [0.15, 0.2) is 4.79 Å². The molecule has 0 bridgehead atoms. The monoisotopic (exact) mass is 278 g/mol. The normalized spacial score (nSPS) is 16.2. The van der Waals surface area contributed by atoms with Gasteiger partial charge >= 0.3 is 0 Å². The van der Waals surface area contributed by atoms with Crippen molar-refractivity contribution in [3.05, 3.63) is 22.0 Å². The molecule has 2 aromatic heterocycles. The zero-order valence-electron chi connectivity index (χ0n) is 11.2. The van der Waals surface area contributed by atoms with E-state index >= 15 is 0 Å². The molecular weight excluding hydrogens is 260 g/mol. The molecule has 0 amide bonds. The fraction of sp³-hybridized carbons (Fsp3) is 0.667. The zero-order chi connectivity index (χ0) is 13.9. The first-order chi connectivity index (χ1) is 9.79. The largest absolute Gasteiger partial charge is 0.395 e. The third-order valence-electron chi connectivity index (χ3n) is 3.65. The van der Waals surface area contributed by atoms with Crippen LogP contribution in [0.4, 0.5) is 0 Å². The zero-order valence-corrected chi connectivity index (χ0v) is 11.2. The Hall–Kier alpha value is -1.80. The molecule has 2 heterocycles. The fourth-order valence-corrected chi connectivity index (χ4v) is 2.67. The number of hydrogen-bond donors (Lipinski definition) is 3. The van der Waals surface area contributed by atoms with Crippen LogP contribution in [-0.4, -0.2) is 43.1 Å². The maximum atomic E-state index is 12.0. The second kappa shape index (κ2) is 5.68. The molecule has 1 aliphatic rings. The molecule has 0 aliphatic heterocycles. The number of aliphatic hydroxyl groups excluding tert-OH is 1. The van der Waals surface area contributed by atoms with Gasteiger partial charge in [-0.2, -0.15) is 4.52 Å². The van der Waals surface area contributed by atoms with Gasteiger partial charge in [0.15, 0.2) is 5.82 Å². The van der Waals surface area contributed by atoms with E-state index in [9.17, 15) is 4.79 Å². The summed E-state index contributed by atoms with van der Waals surface area (Å²) in [5.74, 6) is 1.65. The number of nitrogens with zero attached hydrogens (tertiary/aromatic N) is 4. The van der Waals surface area contributed by atoms with Crippen LogP contribution in [0.25, 0.3) is 5.65 Å². The number of fused-ring (bicyclic) bond motifs is 1. The quantitative estimate of drug-likeness (QED) is 0.639. The average molecular weight is 278 g/mol. The second-order valence-electron chi connectivity index (χ2n) is 5.08. The van der Waals surface area contributed by atoms with Crippen molar-refractivity contribution >= 4 is 5.65 Å². The minimum atomic E-state index is -0.280. The van der Waals surface area contributed by atoms with Crippen LogP contribution in [0.5, 0.6) is 0 Å². The summed E-state index contributed by atoms with van der Waals surface area (Å²) >= 11 is 0. The highest BCUT2D eigenvalue weighted by Crippen LogP contribution is 2.32. The van der Waals surface area contributed by atoms with Crippen LogP contribution < -0.4 is 10.9 Å². The first-order valence-electron chi connectivity index (χ1n) is 6.95. The Kier molecular flexibility index (Phi) is 3.75. The number of H-pyrrole nitrogens is 1. The molecule has 8 heteroatoms. The molecule has 0 saturated heterocycles. The van der Waals surface area contributed by atoms with Crippen LogP contribution >= 0.6 is 0 Å². The summed E-state index contributed by atoms with van der Waals surface area (Å²) < 4.78 is 1.57. The molecule has 3 rings (SSSR count). The van der Waals surface area contributed by atoms with E-state index in [1.54, 1.807) is 4.52 Å². The summed E-state index contributed by atoms with van der Waals surface area (Å²) in [6.45, 7) is 0.903. The van der Waals surface area contributed by atoms with Crippen molar-refractivity contribution in [2.24, 2.45) is 0 Å². The molecule has 1 fully saturated rings. The van der Waals surface area contributed by atoms with Gasteiger partial charge in [-0.05, 0) is 12.8 Å². The Morgan fingerprint density at radius 1 is 1.35 bits per heavy atom. The fourth-order valence-electron chi connectivity index (χ4n) is 2.67. The average Bonchev–Trinajstić information content (AvgIpc) is 3.06. The summed E-state index contributed by atoms with van der Waals surface area (Å²) in [6, 6.07) is 0. The number of aliphatic hydroxyl groups is 1. The van der Waals surface area contributed by atoms with Gasteiger partial charge in [-0.25, -0.2) is 0 Å². The van der Waals surface area contributed by atoms with Crippen molar-refractivity contribution in [3.63, 3.8) is 0 Å². The molecule has 2 aromatic rings.